The van der Waals surface area contributed by atoms with E-state index in [1.54, 1.807) is 16.8 Å². The van der Waals surface area contributed by atoms with Crippen molar-refractivity contribution in [3.05, 3.63) is 48.3 Å². The van der Waals surface area contributed by atoms with E-state index in [0.29, 0.717) is 17.8 Å². The highest BCUT2D eigenvalue weighted by atomic mass is 16.4. The molecule has 2 aromatic carbocycles. The van der Waals surface area contributed by atoms with Gasteiger partial charge in [0.15, 0.2) is 5.82 Å². The van der Waals surface area contributed by atoms with E-state index >= 15 is 0 Å². The number of carbonyl (C=O) groups is 1. The maximum atomic E-state index is 11.4. The second kappa shape index (κ2) is 4.77. The zero-order chi connectivity index (χ0) is 14.1. The molecule has 100 valence electrons. The minimum absolute atomic E-state index is 0.281. The lowest BCUT2D eigenvalue weighted by Gasteiger charge is -2.09. The van der Waals surface area contributed by atoms with Gasteiger partial charge in [0.05, 0.1) is 5.56 Å². The van der Waals surface area contributed by atoms with Crippen molar-refractivity contribution in [3.63, 3.8) is 0 Å². The van der Waals surface area contributed by atoms with Crippen molar-refractivity contribution >= 4 is 16.7 Å². The van der Waals surface area contributed by atoms with Gasteiger partial charge in [-0.1, -0.05) is 30.3 Å². The van der Waals surface area contributed by atoms with Crippen molar-refractivity contribution in [1.82, 2.24) is 14.8 Å². The molecule has 1 heterocycles. The van der Waals surface area contributed by atoms with Gasteiger partial charge in [-0.3, -0.25) is 0 Å². The van der Waals surface area contributed by atoms with E-state index in [-0.39, 0.29) is 5.56 Å². The number of nitrogens with zero attached hydrogens (tertiary/aromatic N) is 3. The van der Waals surface area contributed by atoms with E-state index in [2.05, 4.69) is 10.1 Å². The van der Waals surface area contributed by atoms with Crippen LogP contribution >= 0.6 is 0 Å². The number of hydrogen-bond donors (Lipinski definition) is 1. The number of benzene rings is 2. The summed E-state index contributed by atoms with van der Waals surface area (Å²) in [7, 11) is 0. The molecule has 0 amide bonds. The summed E-state index contributed by atoms with van der Waals surface area (Å²) < 4.78 is 1.76. The molecule has 5 heteroatoms. The Labute approximate surface area is 115 Å². The van der Waals surface area contributed by atoms with E-state index in [9.17, 15) is 9.90 Å². The second-order valence-electron chi connectivity index (χ2n) is 4.41. The number of hydrogen-bond acceptors (Lipinski definition) is 3. The van der Waals surface area contributed by atoms with Crippen LogP contribution < -0.4 is 0 Å². The van der Waals surface area contributed by atoms with Crippen LogP contribution in [0.1, 0.15) is 17.3 Å². The Hall–Kier alpha value is -2.69. The average Bonchev–Trinajstić information content (AvgIpc) is 2.94. The third kappa shape index (κ3) is 1.84. The first-order valence-electron chi connectivity index (χ1n) is 6.35. The summed E-state index contributed by atoms with van der Waals surface area (Å²) >= 11 is 0. The quantitative estimate of drug-likeness (QED) is 0.792. The Bertz CT molecular complexity index is 787. The molecular formula is C15H13N3O2. The lowest BCUT2D eigenvalue weighted by atomic mass is 9.98. The zero-order valence-corrected chi connectivity index (χ0v) is 10.9. The first-order chi connectivity index (χ1) is 9.72. The van der Waals surface area contributed by atoms with E-state index in [1.165, 1.54) is 6.33 Å². The number of carboxylic acid groups (broad SMARTS) is 1. The van der Waals surface area contributed by atoms with Crippen LogP contribution in [0.25, 0.3) is 22.2 Å². The molecule has 0 atom stereocenters. The van der Waals surface area contributed by atoms with Gasteiger partial charge in [0.2, 0.25) is 0 Å². The summed E-state index contributed by atoms with van der Waals surface area (Å²) in [6, 6.07) is 10.9. The lowest BCUT2D eigenvalue weighted by molar-refractivity contribution is 0.0699. The highest BCUT2D eigenvalue weighted by Gasteiger charge is 2.15. The van der Waals surface area contributed by atoms with Crippen molar-refractivity contribution in [2.75, 3.05) is 0 Å². The van der Waals surface area contributed by atoms with E-state index < -0.39 is 5.97 Å². The molecule has 0 aliphatic heterocycles. The molecule has 0 aliphatic carbocycles. The van der Waals surface area contributed by atoms with Gasteiger partial charge < -0.3 is 5.11 Å². The smallest absolute Gasteiger partial charge is 0.336 e. The average molecular weight is 267 g/mol. The fourth-order valence-electron chi connectivity index (χ4n) is 2.41. The molecule has 3 rings (SSSR count). The van der Waals surface area contributed by atoms with Crippen molar-refractivity contribution in [1.29, 1.82) is 0 Å². The van der Waals surface area contributed by atoms with Crippen LogP contribution in [0.15, 0.2) is 42.7 Å². The number of carboxylic acids is 1. The van der Waals surface area contributed by atoms with Gasteiger partial charge in [-0.2, -0.15) is 5.10 Å². The standard InChI is InChI=1S/C15H13N3O2/c1-2-18-14(16-9-17-18)11-7-3-5-10-6-4-8-12(13(10)11)15(19)20/h3-9H,2H2,1H3,(H,19,20). The summed E-state index contributed by atoms with van der Waals surface area (Å²) in [4.78, 5) is 15.7. The fourth-order valence-corrected chi connectivity index (χ4v) is 2.41. The fraction of sp³-hybridized carbons (Fsp3) is 0.133. The van der Waals surface area contributed by atoms with Crippen molar-refractivity contribution in [2.24, 2.45) is 0 Å². The Balaban J connectivity index is 2.39. The summed E-state index contributed by atoms with van der Waals surface area (Å²) in [5.74, 6) is -0.252. The predicted molar refractivity (Wildman–Crippen MR) is 75.6 cm³/mol. The van der Waals surface area contributed by atoms with Crippen LogP contribution in [0.2, 0.25) is 0 Å². The molecule has 1 aromatic heterocycles. The van der Waals surface area contributed by atoms with Crippen LogP contribution in [0.4, 0.5) is 0 Å². The topological polar surface area (TPSA) is 68.0 Å². The number of aromatic carboxylic acids is 1. The predicted octanol–water partition coefficient (Wildman–Crippen LogP) is 2.82. The molecule has 0 saturated carbocycles. The summed E-state index contributed by atoms with van der Waals surface area (Å²) in [6.45, 7) is 2.66. The largest absolute Gasteiger partial charge is 0.478 e. The summed E-state index contributed by atoms with van der Waals surface area (Å²) in [6.07, 6.45) is 1.49. The Morgan fingerprint density at radius 1 is 1.25 bits per heavy atom. The van der Waals surface area contributed by atoms with E-state index in [1.807, 2.05) is 31.2 Å². The normalized spacial score (nSPS) is 10.8. The molecule has 0 fully saturated rings. The van der Waals surface area contributed by atoms with Gasteiger partial charge in [0, 0.05) is 17.5 Å². The van der Waals surface area contributed by atoms with Gasteiger partial charge in [-0.05, 0) is 18.4 Å². The Morgan fingerprint density at radius 2 is 2.00 bits per heavy atom. The monoisotopic (exact) mass is 267 g/mol. The molecule has 0 radical (unpaired) electrons. The Morgan fingerprint density at radius 3 is 2.70 bits per heavy atom. The number of rotatable bonds is 3. The molecular weight excluding hydrogens is 254 g/mol. The minimum atomic E-state index is -0.939. The zero-order valence-electron chi connectivity index (χ0n) is 10.9. The SMILES string of the molecule is CCn1ncnc1-c1cccc2cccc(C(=O)O)c12. The maximum Gasteiger partial charge on any atom is 0.336 e. The highest BCUT2D eigenvalue weighted by molar-refractivity contribution is 6.09. The molecule has 0 unspecified atom stereocenters. The first kappa shape index (κ1) is 12.3. The third-order valence-electron chi connectivity index (χ3n) is 3.29. The summed E-state index contributed by atoms with van der Waals surface area (Å²) in [5, 5.41) is 15.1. The maximum absolute atomic E-state index is 11.4. The van der Waals surface area contributed by atoms with Crippen molar-refractivity contribution < 1.29 is 9.90 Å². The first-order valence-corrected chi connectivity index (χ1v) is 6.35. The van der Waals surface area contributed by atoms with Crippen molar-refractivity contribution in [3.8, 4) is 11.4 Å². The number of fused-ring (bicyclic) bond motifs is 1. The van der Waals surface area contributed by atoms with Crippen LogP contribution in [0, 0.1) is 0 Å². The Kier molecular flexibility index (Phi) is 2.95. The third-order valence-corrected chi connectivity index (χ3v) is 3.29. The molecule has 20 heavy (non-hydrogen) atoms. The van der Waals surface area contributed by atoms with Crippen LogP contribution in [-0.2, 0) is 6.54 Å². The molecule has 5 nitrogen and oxygen atoms in total. The van der Waals surface area contributed by atoms with Crippen LogP contribution in [-0.4, -0.2) is 25.8 Å². The highest BCUT2D eigenvalue weighted by Crippen LogP contribution is 2.30. The number of aryl methyl sites for hydroxylation is 1. The molecule has 3 aromatic rings. The van der Waals surface area contributed by atoms with Gasteiger partial charge in [0.25, 0.3) is 0 Å². The summed E-state index contributed by atoms with van der Waals surface area (Å²) in [5.41, 5.74) is 1.07. The molecule has 1 N–H and O–H groups in total. The second-order valence-corrected chi connectivity index (χ2v) is 4.41. The van der Waals surface area contributed by atoms with Gasteiger partial charge in [-0.25, -0.2) is 14.5 Å². The van der Waals surface area contributed by atoms with Crippen LogP contribution in [0.5, 0.6) is 0 Å². The van der Waals surface area contributed by atoms with Gasteiger partial charge in [-0.15, -0.1) is 0 Å². The number of aromatic nitrogens is 3. The van der Waals surface area contributed by atoms with Gasteiger partial charge in [0.1, 0.15) is 6.33 Å². The lowest BCUT2D eigenvalue weighted by Crippen LogP contribution is -2.02. The van der Waals surface area contributed by atoms with Crippen LogP contribution in [0.3, 0.4) is 0 Å². The molecule has 0 aliphatic rings. The van der Waals surface area contributed by atoms with Gasteiger partial charge >= 0.3 is 5.97 Å². The van der Waals surface area contributed by atoms with Crippen molar-refractivity contribution in [2.45, 2.75) is 13.5 Å². The molecule has 0 spiro atoms. The molecule has 0 bridgehead atoms. The van der Waals surface area contributed by atoms with E-state index in [4.69, 9.17) is 0 Å². The molecule has 0 saturated heterocycles. The minimum Gasteiger partial charge on any atom is -0.478 e. The van der Waals surface area contributed by atoms with E-state index in [0.717, 1.165) is 10.9 Å².